The molecule has 37 heavy (non-hydrogen) atoms. The summed E-state index contributed by atoms with van der Waals surface area (Å²) in [4.78, 5) is 15.2. The third-order valence-corrected chi connectivity index (χ3v) is 8.77. The third-order valence-electron chi connectivity index (χ3n) is 8.77. The Morgan fingerprint density at radius 1 is 0.946 bits per heavy atom. The van der Waals surface area contributed by atoms with E-state index in [0.29, 0.717) is 12.6 Å². The van der Waals surface area contributed by atoms with Crippen LogP contribution in [0, 0.1) is 18.8 Å². The van der Waals surface area contributed by atoms with Crippen LogP contribution in [0.2, 0.25) is 0 Å². The first-order valence-electron chi connectivity index (χ1n) is 14.3. The molecule has 1 aliphatic heterocycles. The number of nitrogens with one attached hydrogen (secondary N) is 1. The first kappa shape index (κ1) is 25.8. The minimum atomic E-state index is -0.372. The molecule has 0 atom stereocenters. The number of amides is 1. The van der Waals surface area contributed by atoms with Crippen LogP contribution in [0.4, 0.5) is 4.79 Å². The Morgan fingerprint density at radius 3 is 2.38 bits per heavy atom. The molecule has 5 nitrogen and oxygen atoms in total. The highest BCUT2D eigenvalue weighted by molar-refractivity contribution is 5.82. The van der Waals surface area contributed by atoms with Gasteiger partial charge in [0.05, 0.1) is 6.54 Å². The van der Waals surface area contributed by atoms with E-state index in [1.165, 1.54) is 55.2 Å². The zero-order chi connectivity index (χ0) is 25.8. The lowest BCUT2D eigenvalue weighted by molar-refractivity contribution is 0.0888. The van der Waals surface area contributed by atoms with E-state index in [1.807, 2.05) is 30.3 Å². The fourth-order valence-corrected chi connectivity index (χ4v) is 6.56. The molecule has 3 aromatic rings. The van der Waals surface area contributed by atoms with Gasteiger partial charge in [-0.25, -0.2) is 4.79 Å². The van der Waals surface area contributed by atoms with E-state index >= 15 is 0 Å². The molecular weight excluding hydrogens is 458 g/mol. The van der Waals surface area contributed by atoms with Crippen molar-refractivity contribution in [1.29, 1.82) is 0 Å². The number of rotatable bonds is 7. The molecule has 198 valence electrons. The number of benzene rings is 2. The van der Waals surface area contributed by atoms with Gasteiger partial charge >= 0.3 is 6.09 Å². The number of likely N-dealkylation sites (tertiary alicyclic amines) is 1. The summed E-state index contributed by atoms with van der Waals surface area (Å²) in [5, 5.41) is 4.26. The van der Waals surface area contributed by atoms with Crippen LogP contribution in [0.15, 0.2) is 54.6 Å². The summed E-state index contributed by atoms with van der Waals surface area (Å²) < 4.78 is 7.97. The second-order valence-electron chi connectivity index (χ2n) is 11.6. The normalized spacial score (nSPS) is 21.4. The number of carbonyl (C=O) groups excluding carboxylic acids is 1. The van der Waals surface area contributed by atoms with Gasteiger partial charge in [0.2, 0.25) is 0 Å². The van der Waals surface area contributed by atoms with Gasteiger partial charge in [-0.05, 0) is 81.0 Å². The minimum Gasteiger partial charge on any atom is -0.445 e. The first-order chi connectivity index (χ1) is 18.0. The quantitative estimate of drug-likeness (QED) is 0.371. The number of alkyl carbamates (subject to hydrolysis) is 1. The van der Waals surface area contributed by atoms with Crippen LogP contribution in [0.5, 0.6) is 0 Å². The minimum absolute atomic E-state index is 0.284. The maximum absolute atomic E-state index is 12.5. The van der Waals surface area contributed by atoms with Crippen molar-refractivity contribution in [1.82, 2.24) is 14.8 Å². The predicted octanol–water partition coefficient (Wildman–Crippen LogP) is 7.23. The van der Waals surface area contributed by atoms with Crippen molar-refractivity contribution in [2.24, 2.45) is 11.8 Å². The number of aromatic nitrogens is 1. The zero-order valence-electron chi connectivity index (χ0n) is 22.8. The molecule has 1 aromatic heterocycles. The molecule has 0 radical (unpaired) electrons. The molecule has 1 saturated heterocycles. The molecule has 2 fully saturated rings. The van der Waals surface area contributed by atoms with Crippen LogP contribution in [0.1, 0.15) is 75.2 Å². The van der Waals surface area contributed by atoms with Gasteiger partial charge in [0.15, 0.2) is 0 Å². The summed E-state index contributed by atoms with van der Waals surface area (Å²) in [6.07, 6.45) is 7.45. The zero-order valence-corrected chi connectivity index (χ0v) is 22.8. The van der Waals surface area contributed by atoms with Gasteiger partial charge in [0, 0.05) is 41.8 Å². The van der Waals surface area contributed by atoms with Gasteiger partial charge in [-0.15, -0.1) is 0 Å². The molecule has 0 unspecified atom stereocenters. The fraction of sp³-hybridized carbons (Fsp3) is 0.531. The maximum Gasteiger partial charge on any atom is 0.407 e. The molecule has 2 heterocycles. The average molecular weight is 502 g/mol. The van der Waals surface area contributed by atoms with E-state index in [1.54, 1.807) is 0 Å². The number of fused-ring (bicyclic) bond motifs is 1. The van der Waals surface area contributed by atoms with E-state index in [0.717, 1.165) is 42.0 Å². The molecule has 5 rings (SSSR count). The molecule has 0 spiro atoms. The monoisotopic (exact) mass is 501 g/mol. The van der Waals surface area contributed by atoms with Crippen molar-refractivity contribution in [3.05, 3.63) is 71.4 Å². The van der Waals surface area contributed by atoms with E-state index in [2.05, 4.69) is 59.8 Å². The standard InChI is InChI=1S/C32H43N3O2/c1-23(2)26-10-12-28(13-11-26)34-17-15-29(16-18-34)35-30(20-27-19-24(3)9-14-31(27)35)21-33-32(36)37-22-25-7-5-4-6-8-25/h4-9,14,19-20,23,26,28-29H,10-13,15-18,21-22H2,1-3H3,(H,33,36). The SMILES string of the molecule is Cc1ccc2c(c1)cc(CNC(=O)OCc1ccccc1)n2C1CCN(C2CCC(C(C)C)CC2)CC1. The second-order valence-corrected chi connectivity index (χ2v) is 11.6. The van der Waals surface area contributed by atoms with Crippen molar-refractivity contribution in [3.8, 4) is 0 Å². The third kappa shape index (κ3) is 6.20. The van der Waals surface area contributed by atoms with Gasteiger partial charge in [-0.3, -0.25) is 0 Å². The van der Waals surface area contributed by atoms with E-state index in [9.17, 15) is 4.79 Å². The lowest BCUT2D eigenvalue weighted by Crippen LogP contribution is -2.44. The van der Waals surface area contributed by atoms with Crippen LogP contribution >= 0.6 is 0 Å². The van der Waals surface area contributed by atoms with Gasteiger partial charge in [-0.2, -0.15) is 0 Å². The van der Waals surface area contributed by atoms with E-state index in [4.69, 9.17) is 4.74 Å². The Morgan fingerprint density at radius 2 is 1.68 bits per heavy atom. The average Bonchev–Trinajstić information content (AvgIpc) is 3.28. The second kappa shape index (κ2) is 11.7. The van der Waals surface area contributed by atoms with Crippen molar-refractivity contribution in [2.75, 3.05) is 13.1 Å². The number of carbonyl (C=O) groups is 1. The highest BCUT2D eigenvalue weighted by Crippen LogP contribution is 2.36. The van der Waals surface area contributed by atoms with Crippen LogP contribution in [0.25, 0.3) is 10.9 Å². The molecule has 0 bridgehead atoms. The number of hydrogen-bond donors (Lipinski definition) is 1. The van der Waals surface area contributed by atoms with Crippen LogP contribution in [0.3, 0.4) is 0 Å². The highest BCUT2D eigenvalue weighted by atomic mass is 16.5. The summed E-state index contributed by atoms with van der Waals surface area (Å²) in [6.45, 7) is 10.00. The summed E-state index contributed by atoms with van der Waals surface area (Å²) >= 11 is 0. The largest absolute Gasteiger partial charge is 0.445 e. The molecule has 1 saturated carbocycles. The Hall–Kier alpha value is -2.79. The fourth-order valence-electron chi connectivity index (χ4n) is 6.56. The lowest BCUT2D eigenvalue weighted by atomic mass is 9.79. The van der Waals surface area contributed by atoms with Crippen LogP contribution < -0.4 is 5.32 Å². The van der Waals surface area contributed by atoms with Crippen molar-refractivity contribution < 1.29 is 9.53 Å². The van der Waals surface area contributed by atoms with Crippen LogP contribution in [-0.4, -0.2) is 34.7 Å². The summed E-state index contributed by atoms with van der Waals surface area (Å²) in [6, 6.07) is 20.0. The Bertz CT molecular complexity index is 1170. The summed E-state index contributed by atoms with van der Waals surface area (Å²) in [5.41, 5.74) is 4.69. The molecule has 2 aliphatic rings. The number of piperidine rings is 1. The van der Waals surface area contributed by atoms with Gasteiger partial charge in [-0.1, -0.05) is 55.8 Å². The van der Waals surface area contributed by atoms with Crippen molar-refractivity contribution >= 4 is 17.0 Å². The lowest BCUT2D eigenvalue weighted by Gasteiger charge is -2.42. The summed E-state index contributed by atoms with van der Waals surface area (Å²) in [7, 11) is 0. The molecule has 1 N–H and O–H groups in total. The van der Waals surface area contributed by atoms with E-state index in [-0.39, 0.29) is 12.7 Å². The van der Waals surface area contributed by atoms with Gasteiger partial charge in [0.25, 0.3) is 0 Å². The number of aryl methyl sites for hydroxylation is 1. The Kier molecular flexibility index (Phi) is 8.19. The maximum atomic E-state index is 12.5. The number of nitrogens with zero attached hydrogens (tertiary/aromatic N) is 2. The van der Waals surface area contributed by atoms with Gasteiger partial charge in [0.1, 0.15) is 6.61 Å². The van der Waals surface area contributed by atoms with Crippen molar-refractivity contribution in [3.63, 3.8) is 0 Å². The smallest absolute Gasteiger partial charge is 0.407 e. The molecule has 2 aromatic carbocycles. The van der Waals surface area contributed by atoms with Gasteiger partial charge < -0.3 is 19.5 Å². The highest BCUT2D eigenvalue weighted by Gasteiger charge is 2.31. The molecule has 5 heteroatoms. The Labute approximate surface area is 222 Å². The Balaban J connectivity index is 1.23. The molecule has 1 amide bonds. The predicted molar refractivity (Wildman–Crippen MR) is 151 cm³/mol. The van der Waals surface area contributed by atoms with E-state index < -0.39 is 0 Å². The topological polar surface area (TPSA) is 46.5 Å². The summed E-state index contributed by atoms with van der Waals surface area (Å²) in [5.74, 6) is 1.73. The molecule has 1 aliphatic carbocycles. The van der Waals surface area contributed by atoms with Crippen molar-refractivity contribution in [2.45, 2.75) is 84.5 Å². The first-order valence-corrected chi connectivity index (χ1v) is 14.3. The van der Waals surface area contributed by atoms with Crippen LogP contribution in [-0.2, 0) is 17.9 Å². The molecular formula is C32H43N3O2. The number of hydrogen-bond acceptors (Lipinski definition) is 3. The number of ether oxygens (including phenoxy) is 1.